The quantitative estimate of drug-likeness (QED) is 0.860. The Hall–Kier alpha value is -1.47. The van der Waals surface area contributed by atoms with Gasteiger partial charge in [-0.15, -0.1) is 0 Å². The van der Waals surface area contributed by atoms with Gasteiger partial charge in [-0.2, -0.15) is 13.2 Å². The Morgan fingerprint density at radius 2 is 2.00 bits per heavy atom. The van der Waals surface area contributed by atoms with Crippen LogP contribution in [-0.2, 0) is 4.79 Å². The number of carboxylic acid groups (broad SMARTS) is 1. The summed E-state index contributed by atoms with van der Waals surface area (Å²) in [4.78, 5) is 24.7. The van der Waals surface area contributed by atoms with Crippen LogP contribution in [0.1, 0.15) is 26.7 Å². The highest BCUT2D eigenvalue weighted by atomic mass is 19.4. The summed E-state index contributed by atoms with van der Waals surface area (Å²) in [6, 6.07) is -2.54. The molecular formula is C11H17F3N2O3. The lowest BCUT2D eigenvalue weighted by molar-refractivity contribution is -0.145. The van der Waals surface area contributed by atoms with E-state index in [1.807, 2.05) is 0 Å². The zero-order valence-electron chi connectivity index (χ0n) is 10.8. The summed E-state index contributed by atoms with van der Waals surface area (Å²) < 4.78 is 37.3. The van der Waals surface area contributed by atoms with Gasteiger partial charge in [-0.25, -0.2) is 9.59 Å². The molecule has 1 atom stereocenters. The minimum atomic E-state index is -4.50. The first-order chi connectivity index (χ1) is 8.63. The summed E-state index contributed by atoms with van der Waals surface area (Å²) in [5.41, 5.74) is 0. The Kier molecular flexibility index (Phi) is 4.65. The summed E-state index contributed by atoms with van der Waals surface area (Å²) in [5, 5.41) is 8.95. The van der Waals surface area contributed by atoms with Crippen LogP contribution in [0.25, 0.3) is 0 Å². The van der Waals surface area contributed by atoms with E-state index >= 15 is 0 Å². The summed E-state index contributed by atoms with van der Waals surface area (Å²) in [6.07, 6.45) is -3.74. The molecule has 1 saturated heterocycles. The SMILES string of the molecule is CC(C)N(CC(F)(F)F)C(=O)N1CCC[C@H]1C(=O)O. The molecule has 110 valence electrons. The fraction of sp³-hybridized carbons (Fsp3) is 0.818. The highest BCUT2D eigenvalue weighted by Crippen LogP contribution is 2.23. The van der Waals surface area contributed by atoms with Gasteiger partial charge in [0.2, 0.25) is 0 Å². The van der Waals surface area contributed by atoms with E-state index in [-0.39, 0.29) is 13.0 Å². The van der Waals surface area contributed by atoms with E-state index in [9.17, 15) is 22.8 Å². The van der Waals surface area contributed by atoms with Gasteiger partial charge in [-0.3, -0.25) is 0 Å². The molecule has 0 spiro atoms. The highest BCUT2D eigenvalue weighted by Gasteiger charge is 2.40. The van der Waals surface area contributed by atoms with Crippen LogP contribution in [0.5, 0.6) is 0 Å². The maximum atomic E-state index is 12.4. The van der Waals surface area contributed by atoms with Gasteiger partial charge in [0.15, 0.2) is 0 Å². The molecule has 0 unspecified atom stereocenters. The van der Waals surface area contributed by atoms with Gasteiger partial charge < -0.3 is 14.9 Å². The van der Waals surface area contributed by atoms with Crippen LogP contribution in [0.4, 0.5) is 18.0 Å². The summed E-state index contributed by atoms with van der Waals surface area (Å²) >= 11 is 0. The van der Waals surface area contributed by atoms with E-state index in [1.165, 1.54) is 13.8 Å². The topological polar surface area (TPSA) is 60.9 Å². The number of carbonyl (C=O) groups excluding carboxylic acids is 1. The number of rotatable bonds is 3. The maximum absolute atomic E-state index is 12.4. The zero-order valence-corrected chi connectivity index (χ0v) is 10.8. The smallest absolute Gasteiger partial charge is 0.406 e. The van der Waals surface area contributed by atoms with Crippen molar-refractivity contribution in [2.24, 2.45) is 0 Å². The van der Waals surface area contributed by atoms with Gasteiger partial charge >= 0.3 is 18.2 Å². The van der Waals surface area contributed by atoms with E-state index in [0.29, 0.717) is 11.3 Å². The average molecular weight is 282 g/mol. The fourth-order valence-corrected chi connectivity index (χ4v) is 2.08. The van der Waals surface area contributed by atoms with Gasteiger partial charge in [0, 0.05) is 12.6 Å². The molecule has 0 aromatic carbocycles. The van der Waals surface area contributed by atoms with E-state index in [1.54, 1.807) is 0 Å². The van der Waals surface area contributed by atoms with Crippen molar-refractivity contribution in [2.45, 2.75) is 44.9 Å². The number of alkyl halides is 3. The van der Waals surface area contributed by atoms with Crippen LogP contribution in [0.15, 0.2) is 0 Å². The van der Waals surface area contributed by atoms with Crippen LogP contribution < -0.4 is 0 Å². The number of likely N-dealkylation sites (tertiary alicyclic amines) is 1. The lowest BCUT2D eigenvalue weighted by Gasteiger charge is -2.33. The molecular weight excluding hydrogens is 265 g/mol. The molecule has 0 aromatic heterocycles. The molecule has 0 radical (unpaired) electrons. The van der Waals surface area contributed by atoms with E-state index in [4.69, 9.17) is 5.11 Å². The Labute approximate surface area is 109 Å². The molecule has 1 aliphatic heterocycles. The second kappa shape index (κ2) is 5.66. The van der Waals surface area contributed by atoms with E-state index in [0.717, 1.165) is 4.90 Å². The Bertz CT molecular complexity index is 358. The largest absolute Gasteiger partial charge is 0.480 e. The van der Waals surface area contributed by atoms with Crippen molar-refractivity contribution < 1.29 is 27.9 Å². The zero-order chi connectivity index (χ0) is 14.8. The Morgan fingerprint density at radius 1 is 1.42 bits per heavy atom. The number of carbonyl (C=O) groups is 2. The molecule has 1 heterocycles. The molecule has 1 N–H and O–H groups in total. The number of carboxylic acids is 1. The number of hydrogen-bond acceptors (Lipinski definition) is 2. The van der Waals surface area contributed by atoms with Gasteiger partial charge in [-0.05, 0) is 26.7 Å². The van der Waals surface area contributed by atoms with Crippen molar-refractivity contribution in [3.63, 3.8) is 0 Å². The van der Waals surface area contributed by atoms with Crippen molar-refractivity contribution in [1.82, 2.24) is 9.80 Å². The lowest BCUT2D eigenvalue weighted by atomic mass is 10.2. The number of hydrogen-bond donors (Lipinski definition) is 1. The molecule has 0 bridgehead atoms. The second-order valence-corrected chi connectivity index (χ2v) is 4.81. The predicted octanol–water partition coefficient (Wildman–Crippen LogP) is 1.93. The molecule has 1 fully saturated rings. The summed E-state index contributed by atoms with van der Waals surface area (Å²) in [5.74, 6) is -1.18. The third-order valence-electron chi connectivity index (χ3n) is 3.00. The molecule has 0 aliphatic carbocycles. The molecule has 19 heavy (non-hydrogen) atoms. The number of amides is 2. The number of nitrogens with zero attached hydrogens (tertiary/aromatic N) is 2. The van der Waals surface area contributed by atoms with Gasteiger partial charge in [0.05, 0.1) is 0 Å². The molecule has 0 aromatic rings. The molecule has 0 saturated carbocycles. The summed E-state index contributed by atoms with van der Waals surface area (Å²) in [7, 11) is 0. The first kappa shape index (κ1) is 15.6. The van der Waals surface area contributed by atoms with Crippen molar-refractivity contribution >= 4 is 12.0 Å². The average Bonchev–Trinajstić information content (AvgIpc) is 2.72. The van der Waals surface area contributed by atoms with Crippen molar-refractivity contribution in [3.8, 4) is 0 Å². The van der Waals surface area contributed by atoms with Crippen LogP contribution in [0, 0.1) is 0 Å². The van der Waals surface area contributed by atoms with Crippen LogP contribution in [0.2, 0.25) is 0 Å². The Morgan fingerprint density at radius 3 is 2.42 bits per heavy atom. The summed E-state index contributed by atoms with van der Waals surface area (Å²) in [6.45, 7) is 1.74. The molecule has 1 rings (SSSR count). The molecule has 8 heteroatoms. The highest BCUT2D eigenvalue weighted by molar-refractivity contribution is 5.83. The third-order valence-corrected chi connectivity index (χ3v) is 3.00. The monoisotopic (exact) mass is 282 g/mol. The van der Waals surface area contributed by atoms with Crippen molar-refractivity contribution in [1.29, 1.82) is 0 Å². The third kappa shape index (κ3) is 4.00. The minimum Gasteiger partial charge on any atom is -0.480 e. The van der Waals surface area contributed by atoms with Crippen LogP contribution in [0.3, 0.4) is 0 Å². The minimum absolute atomic E-state index is 0.177. The first-order valence-electron chi connectivity index (χ1n) is 6.00. The second-order valence-electron chi connectivity index (χ2n) is 4.81. The van der Waals surface area contributed by atoms with Gasteiger partial charge in [-0.1, -0.05) is 0 Å². The molecule has 5 nitrogen and oxygen atoms in total. The molecule has 1 aliphatic rings. The van der Waals surface area contributed by atoms with E-state index in [2.05, 4.69) is 0 Å². The first-order valence-corrected chi connectivity index (χ1v) is 6.00. The van der Waals surface area contributed by atoms with Crippen molar-refractivity contribution in [3.05, 3.63) is 0 Å². The number of aliphatic carboxylic acids is 1. The maximum Gasteiger partial charge on any atom is 0.406 e. The number of halogens is 3. The normalized spacial score (nSPS) is 19.9. The van der Waals surface area contributed by atoms with Crippen molar-refractivity contribution in [2.75, 3.05) is 13.1 Å². The predicted molar refractivity (Wildman–Crippen MR) is 60.7 cm³/mol. The fourth-order valence-electron chi connectivity index (χ4n) is 2.08. The standard InChI is InChI=1S/C11H17F3N2O3/c1-7(2)16(6-11(12,13)14)10(19)15-5-3-4-8(15)9(17)18/h7-8H,3-6H2,1-2H3,(H,17,18)/t8-/m0/s1. The van der Waals surface area contributed by atoms with Gasteiger partial charge in [0.1, 0.15) is 12.6 Å². The van der Waals surface area contributed by atoms with Crippen LogP contribution in [-0.4, -0.2) is 58.3 Å². The lowest BCUT2D eigenvalue weighted by Crippen LogP contribution is -2.52. The van der Waals surface area contributed by atoms with Gasteiger partial charge in [0.25, 0.3) is 0 Å². The van der Waals surface area contributed by atoms with E-state index < -0.39 is 36.8 Å². The Balaban J connectivity index is 2.85. The molecule has 2 amide bonds. The van der Waals surface area contributed by atoms with Crippen LogP contribution >= 0.6 is 0 Å². The number of urea groups is 1.